The summed E-state index contributed by atoms with van der Waals surface area (Å²) < 4.78 is 14.2. The third kappa shape index (κ3) is 3.59. The van der Waals surface area contributed by atoms with E-state index >= 15 is 0 Å². The minimum absolute atomic E-state index is 0.139. The molecule has 1 fully saturated rings. The standard InChI is InChI=1S/C19H18FNO2/c20-17-13-15(7-8-18(17)21-10-1-2-11-21)19(23)9-6-14-4-3-5-16(22)12-14/h3-9,12-13,22H,1-2,10-11H2/b9-6+. The van der Waals surface area contributed by atoms with Gasteiger partial charge in [-0.15, -0.1) is 0 Å². The number of allylic oxidation sites excluding steroid dienone is 1. The minimum Gasteiger partial charge on any atom is -0.508 e. The maximum atomic E-state index is 14.2. The van der Waals surface area contributed by atoms with E-state index in [9.17, 15) is 14.3 Å². The Morgan fingerprint density at radius 1 is 1.13 bits per heavy atom. The van der Waals surface area contributed by atoms with Crippen LogP contribution >= 0.6 is 0 Å². The Hall–Kier alpha value is -2.62. The highest BCUT2D eigenvalue weighted by Crippen LogP contribution is 2.24. The van der Waals surface area contributed by atoms with Crippen LogP contribution in [-0.2, 0) is 0 Å². The smallest absolute Gasteiger partial charge is 0.185 e. The van der Waals surface area contributed by atoms with E-state index in [0.29, 0.717) is 16.8 Å². The lowest BCUT2D eigenvalue weighted by molar-refractivity contribution is 0.104. The van der Waals surface area contributed by atoms with Crippen LogP contribution in [0.15, 0.2) is 48.5 Å². The summed E-state index contributed by atoms with van der Waals surface area (Å²) in [5.74, 6) is -0.482. The SMILES string of the molecule is O=C(/C=C/c1cccc(O)c1)c1ccc(N2CCCC2)c(F)c1. The zero-order chi connectivity index (χ0) is 16.2. The van der Waals surface area contributed by atoms with E-state index in [1.54, 1.807) is 42.5 Å². The number of phenolic OH excluding ortho intramolecular Hbond substituents is 1. The number of carbonyl (C=O) groups excluding carboxylic acids is 1. The lowest BCUT2D eigenvalue weighted by atomic mass is 10.1. The Labute approximate surface area is 134 Å². The van der Waals surface area contributed by atoms with Gasteiger partial charge in [0.2, 0.25) is 0 Å². The van der Waals surface area contributed by atoms with Gasteiger partial charge in [0.05, 0.1) is 5.69 Å². The fourth-order valence-corrected chi connectivity index (χ4v) is 2.77. The van der Waals surface area contributed by atoms with Gasteiger partial charge >= 0.3 is 0 Å². The molecule has 0 spiro atoms. The number of aromatic hydroxyl groups is 1. The molecular formula is C19H18FNO2. The molecule has 0 aliphatic carbocycles. The molecule has 0 amide bonds. The number of benzene rings is 2. The molecule has 3 nitrogen and oxygen atoms in total. The number of ketones is 1. The van der Waals surface area contributed by atoms with Crippen molar-refractivity contribution in [1.29, 1.82) is 0 Å². The highest BCUT2D eigenvalue weighted by atomic mass is 19.1. The highest BCUT2D eigenvalue weighted by molar-refractivity contribution is 6.07. The molecule has 2 aromatic rings. The van der Waals surface area contributed by atoms with Gasteiger partial charge in [-0.3, -0.25) is 4.79 Å². The first-order chi connectivity index (χ1) is 11.1. The first kappa shape index (κ1) is 15.3. The first-order valence-electron chi connectivity index (χ1n) is 7.69. The Morgan fingerprint density at radius 3 is 2.61 bits per heavy atom. The largest absolute Gasteiger partial charge is 0.508 e. The summed E-state index contributed by atoms with van der Waals surface area (Å²) in [5.41, 5.74) is 1.60. The van der Waals surface area contributed by atoms with Crippen molar-refractivity contribution in [3.05, 3.63) is 65.5 Å². The normalized spacial score (nSPS) is 14.6. The molecule has 4 heteroatoms. The lowest BCUT2D eigenvalue weighted by Gasteiger charge is -2.18. The van der Waals surface area contributed by atoms with Crippen molar-refractivity contribution < 1.29 is 14.3 Å². The van der Waals surface area contributed by atoms with Gasteiger partial charge in [0, 0.05) is 18.7 Å². The lowest BCUT2D eigenvalue weighted by Crippen LogP contribution is -2.19. The van der Waals surface area contributed by atoms with Gasteiger partial charge in [0.25, 0.3) is 0 Å². The van der Waals surface area contributed by atoms with Crippen LogP contribution in [0.4, 0.5) is 10.1 Å². The van der Waals surface area contributed by atoms with E-state index in [2.05, 4.69) is 0 Å². The van der Waals surface area contributed by atoms with Crippen molar-refractivity contribution in [3.63, 3.8) is 0 Å². The Morgan fingerprint density at radius 2 is 1.91 bits per heavy atom. The number of anilines is 1. The van der Waals surface area contributed by atoms with E-state index in [-0.39, 0.29) is 17.3 Å². The second kappa shape index (κ2) is 6.65. The summed E-state index contributed by atoms with van der Waals surface area (Å²) in [5, 5.41) is 9.39. The first-order valence-corrected chi connectivity index (χ1v) is 7.69. The number of hydrogen-bond acceptors (Lipinski definition) is 3. The van der Waals surface area contributed by atoms with E-state index in [4.69, 9.17) is 0 Å². The number of nitrogens with zero attached hydrogens (tertiary/aromatic N) is 1. The molecule has 1 saturated heterocycles. The van der Waals surface area contributed by atoms with Crippen LogP contribution < -0.4 is 4.90 Å². The number of halogens is 1. The predicted octanol–water partition coefficient (Wildman–Crippen LogP) is 4.03. The Kier molecular flexibility index (Phi) is 4.42. The number of hydrogen-bond donors (Lipinski definition) is 1. The molecule has 0 atom stereocenters. The van der Waals surface area contributed by atoms with Crippen LogP contribution in [0.3, 0.4) is 0 Å². The van der Waals surface area contributed by atoms with Crippen LogP contribution in [0.5, 0.6) is 5.75 Å². The number of carbonyl (C=O) groups is 1. The van der Waals surface area contributed by atoms with Crippen LogP contribution in [0, 0.1) is 5.82 Å². The van der Waals surface area contributed by atoms with E-state index in [0.717, 1.165) is 25.9 Å². The molecule has 3 rings (SSSR count). The van der Waals surface area contributed by atoms with Gasteiger partial charge in [-0.05, 0) is 54.8 Å². The van der Waals surface area contributed by atoms with Gasteiger partial charge in [0.15, 0.2) is 5.78 Å². The summed E-state index contributed by atoms with van der Waals surface area (Å²) in [7, 11) is 0. The molecule has 0 radical (unpaired) electrons. The molecule has 0 unspecified atom stereocenters. The molecule has 1 heterocycles. The van der Waals surface area contributed by atoms with Crippen molar-refractivity contribution in [2.24, 2.45) is 0 Å². The maximum Gasteiger partial charge on any atom is 0.185 e. The van der Waals surface area contributed by atoms with Crippen molar-refractivity contribution in [2.45, 2.75) is 12.8 Å². The minimum atomic E-state index is -0.358. The van der Waals surface area contributed by atoms with Gasteiger partial charge in [-0.25, -0.2) is 4.39 Å². The molecule has 2 aromatic carbocycles. The fourth-order valence-electron chi connectivity index (χ4n) is 2.77. The summed E-state index contributed by atoms with van der Waals surface area (Å²) in [4.78, 5) is 14.2. The molecule has 0 bridgehead atoms. The zero-order valence-electron chi connectivity index (χ0n) is 12.7. The summed E-state index contributed by atoms with van der Waals surface area (Å²) in [6.45, 7) is 1.73. The monoisotopic (exact) mass is 311 g/mol. The van der Waals surface area contributed by atoms with Crippen molar-refractivity contribution in [1.82, 2.24) is 0 Å². The van der Waals surface area contributed by atoms with E-state index < -0.39 is 0 Å². The molecule has 1 aliphatic heterocycles. The van der Waals surface area contributed by atoms with E-state index in [1.807, 2.05) is 4.90 Å². The highest BCUT2D eigenvalue weighted by Gasteiger charge is 2.17. The molecule has 0 saturated carbocycles. The van der Waals surface area contributed by atoms with Crippen LogP contribution in [-0.4, -0.2) is 24.0 Å². The predicted molar refractivity (Wildman–Crippen MR) is 89.3 cm³/mol. The van der Waals surface area contributed by atoms with Gasteiger partial charge < -0.3 is 10.0 Å². The maximum absolute atomic E-state index is 14.2. The summed E-state index contributed by atoms with van der Waals surface area (Å²) in [6.07, 6.45) is 5.15. The van der Waals surface area contributed by atoms with Gasteiger partial charge in [-0.2, -0.15) is 0 Å². The van der Waals surface area contributed by atoms with Crippen molar-refractivity contribution in [2.75, 3.05) is 18.0 Å². The zero-order valence-corrected chi connectivity index (χ0v) is 12.7. The van der Waals surface area contributed by atoms with Crippen molar-refractivity contribution >= 4 is 17.5 Å². The summed E-state index contributed by atoms with van der Waals surface area (Å²) in [6, 6.07) is 11.2. The average molecular weight is 311 g/mol. The van der Waals surface area contributed by atoms with Crippen molar-refractivity contribution in [3.8, 4) is 5.75 Å². The quantitative estimate of drug-likeness (QED) is 0.684. The topological polar surface area (TPSA) is 40.5 Å². The molecule has 118 valence electrons. The number of rotatable bonds is 4. The number of phenols is 1. The van der Waals surface area contributed by atoms with Crippen LogP contribution in [0.25, 0.3) is 6.08 Å². The Bertz CT molecular complexity index is 749. The second-order valence-electron chi connectivity index (χ2n) is 5.65. The molecule has 1 N–H and O–H groups in total. The Balaban J connectivity index is 1.76. The molecular weight excluding hydrogens is 293 g/mol. The molecule has 23 heavy (non-hydrogen) atoms. The van der Waals surface area contributed by atoms with Gasteiger partial charge in [0.1, 0.15) is 11.6 Å². The van der Waals surface area contributed by atoms with Crippen LogP contribution in [0.2, 0.25) is 0 Å². The fraction of sp³-hybridized carbons (Fsp3) is 0.211. The second-order valence-corrected chi connectivity index (χ2v) is 5.65. The third-order valence-electron chi connectivity index (χ3n) is 3.98. The average Bonchev–Trinajstić information content (AvgIpc) is 3.06. The molecule has 0 aromatic heterocycles. The van der Waals surface area contributed by atoms with Crippen LogP contribution in [0.1, 0.15) is 28.8 Å². The summed E-state index contributed by atoms with van der Waals surface area (Å²) >= 11 is 0. The van der Waals surface area contributed by atoms with E-state index in [1.165, 1.54) is 12.1 Å². The molecule has 1 aliphatic rings. The third-order valence-corrected chi connectivity index (χ3v) is 3.98. The van der Waals surface area contributed by atoms with Gasteiger partial charge in [-0.1, -0.05) is 18.2 Å².